The van der Waals surface area contributed by atoms with Crippen molar-refractivity contribution in [1.82, 2.24) is 4.98 Å². The van der Waals surface area contributed by atoms with E-state index in [1.165, 1.54) is 79.0 Å². The minimum absolute atomic E-state index is 0.749. The van der Waals surface area contributed by atoms with Crippen LogP contribution in [0.15, 0.2) is 42.5 Å². The lowest BCUT2D eigenvalue weighted by atomic mass is 9.87. The minimum atomic E-state index is 0.749. The number of hydrogen-bond acceptors (Lipinski definition) is 1. The summed E-state index contributed by atoms with van der Waals surface area (Å²) in [5.41, 5.74) is 8.08. The smallest absolute Gasteiger partial charge is 0.163 e. The number of hydrogen-bond donors (Lipinski definition) is 0. The quantitative estimate of drug-likeness (QED) is 0.535. The lowest BCUT2D eigenvalue weighted by Crippen LogP contribution is -2.09. The number of nitrogens with zero attached hydrogens (tertiary/aromatic N) is 1. The van der Waals surface area contributed by atoms with Gasteiger partial charge >= 0.3 is 0 Å². The van der Waals surface area contributed by atoms with Gasteiger partial charge in [0.2, 0.25) is 0 Å². The molecule has 2 heteroatoms. The molecule has 1 nitrogen and oxygen atoms in total. The van der Waals surface area contributed by atoms with Gasteiger partial charge in [0.05, 0.1) is 5.69 Å². The third-order valence-electron chi connectivity index (χ3n) is 7.02. The second-order valence-electron chi connectivity index (χ2n) is 9.19. The highest BCUT2D eigenvalue weighted by Crippen LogP contribution is 2.41. The zero-order valence-electron chi connectivity index (χ0n) is 17.3. The largest absolute Gasteiger partial charge is 0.263 e. The first kappa shape index (κ1) is 18.0. The highest BCUT2D eigenvalue weighted by Gasteiger charge is 2.23. The van der Waals surface area contributed by atoms with Crippen LogP contribution in [0.3, 0.4) is 0 Å². The number of aromatic nitrogens is 1. The Labute approximate surface area is 170 Å². The predicted octanol–water partition coefficient (Wildman–Crippen LogP) is 5.78. The molecule has 3 aromatic rings. The van der Waals surface area contributed by atoms with Gasteiger partial charge in [-0.3, -0.25) is 4.98 Å². The SMILES string of the molecule is Bc1cc2cc(C)ccc2c(-c2cc(C3CCCC3)cc(C3CCCC3)c2)n1. The Bertz CT molecular complexity index is 971. The van der Waals surface area contributed by atoms with Gasteiger partial charge in [-0.25, -0.2) is 0 Å². The molecule has 2 aliphatic rings. The summed E-state index contributed by atoms with van der Waals surface area (Å²) in [5, 5.41) is 2.60. The lowest BCUT2D eigenvalue weighted by Gasteiger charge is -2.18. The van der Waals surface area contributed by atoms with Crippen molar-refractivity contribution in [2.24, 2.45) is 0 Å². The van der Waals surface area contributed by atoms with Crippen molar-refractivity contribution in [3.05, 3.63) is 59.2 Å². The van der Waals surface area contributed by atoms with E-state index in [0.29, 0.717) is 0 Å². The average molecular weight is 367 g/mol. The summed E-state index contributed by atoms with van der Waals surface area (Å²) in [4.78, 5) is 5.04. The van der Waals surface area contributed by atoms with Crippen LogP contribution >= 0.6 is 0 Å². The van der Waals surface area contributed by atoms with Crippen molar-refractivity contribution in [3.8, 4) is 11.3 Å². The normalized spacial score (nSPS) is 18.3. The van der Waals surface area contributed by atoms with Crippen molar-refractivity contribution in [2.75, 3.05) is 0 Å². The molecular formula is C26H30BN. The van der Waals surface area contributed by atoms with Gasteiger partial charge in [0.25, 0.3) is 0 Å². The van der Waals surface area contributed by atoms with E-state index in [1.54, 1.807) is 11.1 Å². The van der Waals surface area contributed by atoms with Crippen LogP contribution in [-0.4, -0.2) is 12.8 Å². The Morgan fingerprint density at radius 2 is 1.39 bits per heavy atom. The summed E-state index contributed by atoms with van der Waals surface area (Å²) in [6.45, 7) is 2.17. The van der Waals surface area contributed by atoms with Gasteiger partial charge in [-0.15, -0.1) is 0 Å². The molecule has 2 aliphatic carbocycles. The van der Waals surface area contributed by atoms with Crippen molar-refractivity contribution in [1.29, 1.82) is 0 Å². The Hall–Kier alpha value is -2.09. The van der Waals surface area contributed by atoms with Gasteiger partial charge in [0.15, 0.2) is 7.85 Å². The van der Waals surface area contributed by atoms with Crippen molar-refractivity contribution < 1.29 is 0 Å². The highest BCUT2D eigenvalue weighted by atomic mass is 14.7. The molecule has 0 spiro atoms. The number of pyridine rings is 1. The molecule has 0 amide bonds. The van der Waals surface area contributed by atoms with Gasteiger partial charge < -0.3 is 0 Å². The molecule has 142 valence electrons. The van der Waals surface area contributed by atoms with Crippen LogP contribution in [0.5, 0.6) is 0 Å². The number of benzene rings is 2. The molecule has 0 saturated heterocycles. The maximum Gasteiger partial charge on any atom is 0.163 e. The zero-order chi connectivity index (χ0) is 19.1. The van der Waals surface area contributed by atoms with Crippen molar-refractivity contribution in [3.63, 3.8) is 0 Å². The van der Waals surface area contributed by atoms with Gasteiger partial charge in [0, 0.05) is 10.9 Å². The van der Waals surface area contributed by atoms with Crippen LogP contribution in [0.1, 0.15) is 79.9 Å². The summed E-state index contributed by atoms with van der Waals surface area (Å²) in [6, 6.07) is 16.5. The van der Waals surface area contributed by atoms with Crippen LogP contribution in [0.2, 0.25) is 0 Å². The van der Waals surface area contributed by atoms with Crippen LogP contribution < -0.4 is 5.59 Å². The molecule has 1 aromatic heterocycles. The summed E-state index contributed by atoms with van der Waals surface area (Å²) >= 11 is 0. The van der Waals surface area contributed by atoms with Crippen LogP contribution in [0, 0.1) is 6.92 Å². The Balaban J connectivity index is 1.69. The molecule has 0 N–H and O–H groups in total. The number of fused-ring (bicyclic) bond motifs is 1. The number of aryl methyl sites for hydroxylation is 1. The highest BCUT2D eigenvalue weighted by molar-refractivity contribution is 6.32. The Morgan fingerprint density at radius 1 is 0.786 bits per heavy atom. The molecule has 0 atom stereocenters. The molecule has 0 unspecified atom stereocenters. The van der Waals surface area contributed by atoms with E-state index < -0.39 is 0 Å². The van der Waals surface area contributed by atoms with Gasteiger partial charge in [-0.05, 0) is 84.7 Å². The first-order valence-corrected chi connectivity index (χ1v) is 11.2. The molecule has 2 fully saturated rings. The van der Waals surface area contributed by atoms with Gasteiger partial charge in [-0.1, -0.05) is 55.5 Å². The predicted molar refractivity (Wildman–Crippen MR) is 123 cm³/mol. The first-order valence-electron chi connectivity index (χ1n) is 11.2. The molecular weight excluding hydrogens is 337 g/mol. The van der Waals surface area contributed by atoms with Crippen LogP contribution in [-0.2, 0) is 0 Å². The third kappa shape index (κ3) is 3.38. The summed E-state index contributed by atoms with van der Waals surface area (Å²) in [5.74, 6) is 1.50. The number of rotatable bonds is 3. The molecule has 5 rings (SSSR count). The van der Waals surface area contributed by atoms with Crippen LogP contribution in [0.25, 0.3) is 22.0 Å². The maximum atomic E-state index is 5.04. The summed E-state index contributed by atoms with van der Waals surface area (Å²) < 4.78 is 0. The molecule has 0 bridgehead atoms. The minimum Gasteiger partial charge on any atom is -0.263 e. The van der Waals surface area contributed by atoms with E-state index in [9.17, 15) is 0 Å². The molecule has 0 aliphatic heterocycles. The van der Waals surface area contributed by atoms with E-state index in [2.05, 4.69) is 57.2 Å². The van der Waals surface area contributed by atoms with Crippen LogP contribution in [0.4, 0.5) is 0 Å². The topological polar surface area (TPSA) is 12.9 Å². The van der Waals surface area contributed by atoms with E-state index in [4.69, 9.17) is 4.98 Å². The van der Waals surface area contributed by atoms with E-state index in [0.717, 1.165) is 17.4 Å². The van der Waals surface area contributed by atoms with Crippen molar-refractivity contribution in [2.45, 2.75) is 70.1 Å². The fraction of sp³-hybridized carbons (Fsp3) is 0.423. The summed E-state index contributed by atoms with van der Waals surface area (Å²) in [6.07, 6.45) is 11.0. The molecule has 28 heavy (non-hydrogen) atoms. The second-order valence-corrected chi connectivity index (χ2v) is 9.19. The summed E-state index contributed by atoms with van der Waals surface area (Å²) in [7, 11) is 2.13. The lowest BCUT2D eigenvalue weighted by molar-refractivity contribution is 0.701. The van der Waals surface area contributed by atoms with Gasteiger partial charge in [0.1, 0.15) is 0 Å². The molecule has 2 aromatic carbocycles. The third-order valence-corrected chi connectivity index (χ3v) is 7.02. The Morgan fingerprint density at radius 3 is 2.00 bits per heavy atom. The zero-order valence-corrected chi connectivity index (χ0v) is 17.3. The average Bonchev–Trinajstić information content (AvgIpc) is 3.40. The second kappa shape index (κ2) is 7.39. The molecule has 0 radical (unpaired) electrons. The van der Waals surface area contributed by atoms with E-state index in [-0.39, 0.29) is 0 Å². The standard InChI is InChI=1S/C26H30BN/c1-17-10-11-24-22(12-17)16-25(27)28-26(24)23-14-20(18-6-2-3-7-18)13-21(15-23)19-8-4-5-9-19/h10-16,18-19H,2-9,27H2,1H3. The monoisotopic (exact) mass is 367 g/mol. The van der Waals surface area contributed by atoms with Gasteiger partial charge in [-0.2, -0.15) is 0 Å². The first-order chi connectivity index (χ1) is 13.7. The fourth-order valence-corrected chi connectivity index (χ4v) is 5.53. The fourth-order valence-electron chi connectivity index (χ4n) is 5.53. The van der Waals surface area contributed by atoms with E-state index in [1.807, 2.05) is 0 Å². The maximum absolute atomic E-state index is 5.04. The Kier molecular flexibility index (Phi) is 4.74. The van der Waals surface area contributed by atoms with Crippen molar-refractivity contribution >= 4 is 24.2 Å². The molecule has 2 saturated carbocycles. The molecule has 1 heterocycles. The van der Waals surface area contributed by atoms with E-state index >= 15 is 0 Å².